The molecule has 0 atom stereocenters. The molecule has 330 valence electrons. The van der Waals surface area contributed by atoms with E-state index in [-0.39, 0.29) is 5.41 Å². The van der Waals surface area contributed by atoms with E-state index in [2.05, 4.69) is 279 Å². The number of nitrogens with zero attached hydrogens (tertiary/aromatic N) is 1. The third kappa shape index (κ3) is 7.18. The van der Waals surface area contributed by atoms with Gasteiger partial charge in [0.25, 0.3) is 0 Å². The molecule has 1 aliphatic rings. The molecule has 0 N–H and O–H groups in total. The Kier molecular flexibility index (Phi) is 9.92. The average Bonchev–Trinajstić information content (AvgIpc) is 3.92. The molecule has 70 heavy (non-hydrogen) atoms. The van der Waals surface area contributed by atoms with Crippen molar-refractivity contribution in [3.05, 3.63) is 272 Å². The lowest BCUT2D eigenvalue weighted by Gasteiger charge is -2.23. The molecule has 1 nitrogen and oxygen atoms in total. The number of benzene rings is 11. The zero-order valence-corrected chi connectivity index (χ0v) is 39.3. The molecule has 1 heteroatoms. The Hall–Kier alpha value is -8.78. The maximum Gasteiger partial charge on any atom is 0.0535 e. The fourth-order valence-electron chi connectivity index (χ4n) is 11.0. The fraction of sp³-hybridized carbons (Fsp3) is 0.0435. The van der Waals surface area contributed by atoms with Crippen LogP contribution in [0.3, 0.4) is 0 Å². The Morgan fingerprint density at radius 1 is 0.271 bits per heavy atom. The van der Waals surface area contributed by atoms with Crippen molar-refractivity contribution >= 4 is 21.7 Å². The highest BCUT2D eigenvalue weighted by atomic mass is 15.0. The molecule has 11 aromatic carbocycles. The summed E-state index contributed by atoms with van der Waals surface area (Å²) in [6.07, 6.45) is 2.36. The summed E-state index contributed by atoms with van der Waals surface area (Å²) in [5.41, 5.74) is 24.6. The Morgan fingerprint density at radius 3 is 1.29 bits per heavy atom. The van der Waals surface area contributed by atoms with Crippen molar-refractivity contribution < 1.29 is 0 Å². The van der Waals surface area contributed by atoms with Crippen molar-refractivity contribution in [2.75, 3.05) is 0 Å². The number of rotatable bonds is 8. The van der Waals surface area contributed by atoms with Gasteiger partial charge in [-0.3, -0.25) is 0 Å². The molecule has 0 saturated carbocycles. The molecule has 0 amide bonds. The van der Waals surface area contributed by atoms with Gasteiger partial charge in [0.1, 0.15) is 0 Å². The molecule has 12 aromatic rings. The smallest absolute Gasteiger partial charge is 0.0535 e. The molecule has 0 fully saturated rings. The summed E-state index contributed by atoms with van der Waals surface area (Å²) >= 11 is 0. The van der Waals surface area contributed by atoms with Crippen LogP contribution in [-0.4, -0.2) is 4.57 Å². The molecule has 1 heterocycles. The van der Waals surface area contributed by atoms with E-state index in [0.717, 1.165) is 5.69 Å². The second-order valence-electron chi connectivity index (χ2n) is 19.3. The number of fused-ring (bicyclic) bond motifs is 5. The minimum absolute atomic E-state index is 0.163. The minimum Gasteiger partial charge on any atom is -0.316 e. The Balaban J connectivity index is 0.866. The monoisotopic (exact) mass is 891 g/mol. The van der Waals surface area contributed by atoms with E-state index in [1.165, 1.54) is 122 Å². The number of aromatic nitrogens is 1. The predicted octanol–water partition coefficient (Wildman–Crippen LogP) is 18.8. The third-order valence-corrected chi connectivity index (χ3v) is 14.9. The molecular formula is C69H49N. The topological polar surface area (TPSA) is 4.93 Å². The molecule has 0 unspecified atom stereocenters. The maximum absolute atomic E-state index is 2.44. The van der Waals surface area contributed by atoms with Crippen LogP contribution in [0.5, 0.6) is 0 Å². The van der Waals surface area contributed by atoms with Crippen LogP contribution in [0.4, 0.5) is 0 Å². The van der Waals surface area contributed by atoms with Crippen LogP contribution in [0.25, 0.3) is 116 Å². The van der Waals surface area contributed by atoms with E-state index in [1.54, 1.807) is 0 Å². The van der Waals surface area contributed by atoms with E-state index < -0.39 is 0 Å². The molecule has 1 aliphatic carbocycles. The minimum atomic E-state index is -0.163. The predicted molar refractivity (Wildman–Crippen MR) is 296 cm³/mol. The zero-order chi connectivity index (χ0) is 46.8. The molecular weight excluding hydrogens is 843 g/mol. The van der Waals surface area contributed by atoms with Gasteiger partial charge in [0.15, 0.2) is 0 Å². The largest absolute Gasteiger partial charge is 0.316 e. The summed E-state index contributed by atoms with van der Waals surface area (Å²) in [6.45, 7) is 4.76. The van der Waals surface area contributed by atoms with E-state index in [0.29, 0.717) is 0 Å². The van der Waals surface area contributed by atoms with Crippen LogP contribution >= 0.6 is 0 Å². The zero-order valence-electron chi connectivity index (χ0n) is 39.3. The van der Waals surface area contributed by atoms with Crippen LogP contribution in [0.15, 0.2) is 261 Å². The van der Waals surface area contributed by atoms with Crippen LogP contribution in [0.2, 0.25) is 0 Å². The van der Waals surface area contributed by atoms with Gasteiger partial charge in [-0.1, -0.05) is 238 Å². The SMILES string of the molecule is CC1(C)c2cc(-c3ccccc3)ccc2-c2ccc(-n3cc(-c4ccc(-c5ccc(-c6cccc7ccccc67)cc5)cc4)c4cc(-c5ccc(-c6ccc(-c7ccccc7)cc6)cc5)ccc43)cc21. The Bertz CT molecular complexity index is 3890. The molecule has 1 aromatic heterocycles. The summed E-state index contributed by atoms with van der Waals surface area (Å²) in [5.74, 6) is 0. The summed E-state index contributed by atoms with van der Waals surface area (Å²) in [5, 5.41) is 3.76. The molecule has 0 bridgehead atoms. The lowest BCUT2D eigenvalue weighted by Crippen LogP contribution is -2.15. The molecule has 0 aliphatic heterocycles. The van der Waals surface area contributed by atoms with E-state index in [1.807, 2.05) is 0 Å². The highest BCUT2D eigenvalue weighted by molar-refractivity contribution is 6.00. The Morgan fingerprint density at radius 2 is 0.686 bits per heavy atom. The second kappa shape index (κ2) is 16.8. The van der Waals surface area contributed by atoms with Crippen LogP contribution < -0.4 is 0 Å². The van der Waals surface area contributed by atoms with Gasteiger partial charge in [0.2, 0.25) is 0 Å². The molecule has 0 spiro atoms. The number of hydrogen-bond acceptors (Lipinski definition) is 0. The summed E-state index contributed by atoms with van der Waals surface area (Å²) in [6, 6.07) is 93.7. The van der Waals surface area contributed by atoms with Gasteiger partial charge in [-0.15, -0.1) is 0 Å². The quantitative estimate of drug-likeness (QED) is 0.143. The third-order valence-electron chi connectivity index (χ3n) is 14.9. The lowest BCUT2D eigenvalue weighted by atomic mass is 9.81. The highest BCUT2D eigenvalue weighted by Crippen LogP contribution is 2.51. The van der Waals surface area contributed by atoms with E-state index >= 15 is 0 Å². The summed E-state index contributed by atoms with van der Waals surface area (Å²) in [4.78, 5) is 0. The summed E-state index contributed by atoms with van der Waals surface area (Å²) < 4.78 is 2.41. The first-order chi connectivity index (χ1) is 34.4. The second-order valence-corrected chi connectivity index (χ2v) is 19.3. The van der Waals surface area contributed by atoms with Crippen molar-refractivity contribution in [3.63, 3.8) is 0 Å². The van der Waals surface area contributed by atoms with E-state index in [4.69, 9.17) is 0 Å². The highest BCUT2D eigenvalue weighted by Gasteiger charge is 2.36. The van der Waals surface area contributed by atoms with Gasteiger partial charge in [-0.2, -0.15) is 0 Å². The number of hydrogen-bond donors (Lipinski definition) is 0. The molecule has 0 radical (unpaired) electrons. The lowest BCUT2D eigenvalue weighted by molar-refractivity contribution is 0.660. The molecule has 13 rings (SSSR count). The van der Waals surface area contributed by atoms with Crippen molar-refractivity contribution in [3.8, 4) is 94.7 Å². The first kappa shape index (κ1) is 41.4. The van der Waals surface area contributed by atoms with Gasteiger partial charge >= 0.3 is 0 Å². The van der Waals surface area contributed by atoms with Crippen molar-refractivity contribution in [2.24, 2.45) is 0 Å². The van der Waals surface area contributed by atoms with Crippen LogP contribution in [-0.2, 0) is 5.41 Å². The van der Waals surface area contributed by atoms with Crippen LogP contribution in [0, 0.1) is 0 Å². The van der Waals surface area contributed by atoms with Crippen molar-refractivity contribution in [1.29, 1.82) is 0 Å². The Labute approximate surface area is 410 Å². The van der Waals surface area contributed by atoms with Crippen LogP contribution in [0.1, 0.15) is 25.0 Å². The average molecular weight is 892 g/mol. The normalized spacial score (nSPS) is 12.5. The molecule has 0 saturated heterocycles. The van der Waals surface area contributed by atoms with Crippen molar-refractivity contribution in [1.82, 2.24) is 4.57 Å². The van der Waals surface area contributed by atoms with Gasteiger partial charge in [0.05, 0.1) is 5.52 Å². The first-order valence-electron chi connectivity index (χ1n) is 24.4. The summed E-state index contributed by atoms with van der Waals surface area (Å²) in [7, 11) is 0. The fourth-order valence-corrected chi connectivity index (χ4v) is 11.0. The maximum atomic E-state index is 2.44. The van der Waals surface area contributed by atoms with Crippen molar-refractivity contribution in [2.45, 2.75) is 19.3 Å². The van der Waals surface area contributed by atoms with E-state index in [9.17, 15) is 0 Å². The standard InChI is InChI=1S/C69H49N/c1-69(2)66-43-58(47-14-7-4-8-15-47)36-39-62(66)63-40-38-59(44-67(63)69)70-45-65(56-34-30-52(31-35-56)51-28-32-55(33-29-51)61-19-11-17-54-16-9-10-18-60(54)61)64-42-57(37-41-68(64)70)53-26-24-50(25-27-53)49-22-20-48(21-23-49)46-12-5-3-6-13-46/h3-45H,1-2H3. The first-order valence-corrected chi connectivity index (χ1v) is 24.4. The van der Waals surface area contributed by atoms with Gasteiger partial charge in [0, 0.05) is 28.2 Å². The van der Waals surface area contributed by atoms with Gasteiger partial charge < -0.3 is 4.57 Å². The van der Waals surface area contributed by atoms with Gasteiger partial charge in [-0.05, 0) is 136 Å². The van der Waals surface area contributed by atoms with Gasteiger partial charge in [-0.25, -0.2) is 0 Å².